The van der Waals surface area contributed by atoms with Crippen molar-refractivity contribution in [3.05, 3.63) is 52.0 Å². The van der Waals surface area contributed by atoms with Gasteiger partial charge in [0.1, 0.15) is 29.1 Å². The number of nitrogens with zero attached hydrogens (tertiary/aromatic N) is 1. The predicted octanol–water partition coefficient (Wildman–Crippen LogP) is 3.44. The van der Waals surface area contributed by atoms with Crippen molar-refractivity contribution in [1.82, 2.24) is 4.31 Å². The van der Waals surface area contributed by atoms with Gasteiger partial charge in [0.05, 0.1) is 30.4 Å². The third-order valence-electron chi connectivity index (χ3n) is 5.49. The van der Waals surface area contributed by atoms with Crippen molar-refractivity contribution in [3.8, 4) is 11.5 Å². The van der Waals surface area contributed by atoms with Gasteiger partial charge in [0.15, 0.2) is 0 Å². The first-order valence-electron chi connectivity index (χ1n) is 10.8. The molecule has 8 nitrogen and oxygen atoms in total. The van der Waals surface area contributed by atoms with Crippen LogP contribution in [0.3, 0.4) is 0 Å². The third kappa shape index (κ3) is 5.11. The molecule has 0 spiro atoms. The fourth-order valence-corrected chi connectivity index (χ4v) is 5.77. The predicted molar refractivity (Wildman–Crippen MR) is 122 cm³/mol. The molecule has 0 radical (unpaired) electrons. The number of sulfonamides is 1. The molecule has 2 aromatic rings. The highest BCUT2D eigenvalue weighted by Crippen LogP contribution is 2.35. The van der Waals surface area contributed by atoms with Crippen molar-refractivity contribution in [3.63, 3.8) is 0 Å². The number of fused-ring (bicyclic) bond motifs is 1. The Morgan fingerprint density at radius 2 is 1.97 bits per heavy atom. The number of esters is 1. The van der Waals surface area contributed by atoms with Crippen LogP contribution >= 0.6 is 11.6 Å². The molecule has 4 rings (SSSR count). The largest absolute Gasteiger partial charge is 0.493 e. The quantitative estimate of drug-likeness (QED) is 0.543. The van der Waals surface area contributed by atoms with E-state index in [1.807, 2.05) is 26.0 Å². The highest BCUT2D eigenvalue weighted by molar-refractivity contribution is 7.89. The zero-order chi connectivity index (χ0) is 23.6. The van der Waals surface area contributed by atoms with Gasteiger partial charge in [-0.3, -0.25) is 0 Å². The van der Waals surface area contributed by atoms with Crippen LogP contribution in [0.15, 0.2) is 35.2 Å². The minimum Gasteiger partial charge on any atom is -0.493 e. The first-order chi connectivity index (χ1) is 15.8. The average molecular weight is 496 g/mol. The van der Waals surface area contributed by atoms with E-state index in [9.17, 15) is 13.2 Å². The average Bonchev–Trinajstić information content (AvgIpc) is 3.17. The number of benzene rings is 2. The molecular weight excluding hydrogens is 470 g/mol. The zero-order valence-corrected chi connectivity index (χ0v) is 20.1. The Morgan fingerprint density at radius 1 is 1.21 bits per heavy atom. The van der Waals surface area contributed by atoms with E-state index in [4.69, 9.17) is 30.5 Å². The van der Waals surface area contributed by atoms with Gasteiger partial charge >= 0.3 is 5.97 Å². The number of halogens is 1. The summed E-state index contributed by atoms with van der Waals surface area (Å²) in [4.78, 5) is 12.6. The molecule has 2 aliphatic heterocycles. The summed E-state index contributed by atoms with van der Waals surface area (Å²) >= 11 is 6.18. The van der Waals surface area contributed by atoms with Crippen molar-refractivity contribution >= 4 is 27.6 Å². The minimum absolute atomic E-state index is 0.0431. The first kappa shape index (κ1) is 23.8. The molecule has 1 fully saturated rings. The summed E-state index contributed by atoms with van der Waals surface area (Å²) < 4.78 is 49.6. The first-order valence-corrected chi connectivity index (χ1v) is 12.6. The van der Waals surface area contributed by atoms with Crippen LogP contribution in [0.5, 0.6) is 11.5 Å². The fourth-order valence-electron chi connectivity index (χ4n) is 3.86. The molecule has 0 bridgehead atoms. The van der Waals surface area contributed by atoms with Crippen LogP contribution < -0.4 is 9.47 Å². The standard InChI is InChI=1S/C23H26ClNO7S/c1-3-30-20-11-17-10-15(2)32-21(17)12-18(20)14-31-23(26)16-4-5-19(24)22(13-16)33(27,28)25-6-8-29-9-7-25/h4-5,11-13,15H,3,6-10,14H2,1-2H3. The SMILES string of the molecule is CCOc1cc2c(cc1COC(=O)c1ccc(Cl)c(S(=O)(=O)N3CCOCC3)c1)OC(C)C2. The third-order valence-corrected chi connectivity index (χ3v) is 7.87. The Hall–Kier alpha value is -2.33. The molecule has 2 aliphatic rings. The molecule has 1 atom stereocenters. The second-order valence-corrected chi connectivity index (χ2v) is 10.2. The maximum absolute atomic E-state index is 13.0. The Labute approximate surface area is 198 Å². The van der Waals surface area contributed by atoms with Crippen molar-refractivity contribution < 1.29 is 32.2 Å². The number of hydrogen-bond donors (Lipinski definition) is 0. The summed E-state index contributed by atoms with van der Waals surface area (Å²) in [5.74, 6) is 0.721. The number of hydrogen-bond acceptors (Lipinski definition) is 7. The van der Waals surface area contributed by atoms with Gasteiger partial charge in [-0.05, 0) is 44.2 Å². The smallest absolute Gasteiger partial charge is 0.338 e. The molecule has 1 saturated heterocycles. The molecule has 178 valence electrons. The highest BCUT2D eigenvalue weighted by atomic mass is 35.5. The molecule has 33 heavy (non-hydrogen) atoms. The minimum atomic E-state index is -3.86. The van der Waals surface area contributed by atoms with E-state index in [-0.39, 0.29) is 41.3 Å². The van der Waals surface area contributed by atoms with Gasteiger partial charge in [-0.15, -0.1) is 0 Å². The van der Waals surface area contributed by atoms with Crippen molar-refractivity contribution in [2.24, 2.45) is 0 Å². The molecular formula is C23H26ClNO7S. The maximum atomic E-state index is 13.0. The summed E-state index contributed by atoms with van der Waals surface area (Å²) in [5.41, 5.74) is 1.82. The van der Waals surface area contributed by atoms with E-state index in [1.165, 1.54) is 22.5 Å². The van der Waals surface area contributed by atoms with Crippen LogP contribution in [0, 0.1) is 0 Å². The summed E-state index contributed by atoms with van der Waals surface area (Å²) in [5, 5.41) is 0.0431. The topological polar surface area (TPSA) is 91.4 Å². The number of morpholine rings is 1. The van der Waals surface area contributed by atoms with Gasteiger partial charge in [-0.2, -0.15) is 4.31 Å². The second kappa shape index (κ2) is 9.89. The van der Waals surface area contributed by atoms with Crippen LogP contribution in [-0.2, 0) is 32.5 Å². The number of ether oxygens (including phenoxy) is 4. The lowest BCUT2D eigenvalue weighted by molar-refractivity contribution is 0.0469. The molecule has 10 heteroatoms. The van der Waals surface area contributed by atoms with Gasteiger partial charge < -0.3 is 18.9 Å². The van der Waals surface area contributed by atoms with Gasteiger partial charge in [0.25, 0.3) is 0 Å². The highest BCUT2D eigenvalue weighted by Gasteiger charge is 2.29. The van der Waals surface area contributed by atoms with Crippen molar-refractivity contribution in [2.45, 2.75) is 37.9 Å². The Morgan fingerprint density at radius 3 is 2.70 bits per heavy atom. The van der Waals surface area contributed by atoms with Crippen LogP contribution in [0.4, 0.5) is 0 Å². The zero-order valence-electron chi connectivity index (χ0n) is 18.5. The van der Waals surface area contributed by atoms with Gasteiger partial charge in [0.2, 0.25) is 10.0 Å². The molecule has 2 heterocycles. The van der Waals surface area contributed by atoms with Crippen molar-refractivity contribution in [1.29, 1.82) is 0 Å². The normalized spacial score (nSPS) is 18.5. The molecule has 0 aromatic heterocycles. The van der Waals surface area contributed by atoms with E-state index in [1.54, 1.807) is 0 Å². The molecule has 2 aromatic carbocycles. The van der Waals surface area contributed by atoms with Crippen LogP contribution in [-0.4, -0.2) is 57.7 Å². The van der Waals surface area contributed by atoms with Crippen LogP contribution in [0.1, 0.15) is 35.3 Å². The van der Waals surface area contributed by atoms with E-state index in [2.05, 4.69) is 0 Å². The number of carbonyl (C=O) groups excluding carboxylic acids is 1. The molecule has 1 unspecified atom stereocenters. The summed E-state index contributed by atoms with van der Waals surface area (Å²) in [7, 11) is -3.86. The fraction of sp³-hybridized carbons (Fsp3) is 0.435. The van der Waals surface area contributed by atoms with Crippen LogP contribution in [0.25, 0.3) is 0 Å². The van der Waals surface area contributed by atoms with Gasteiger partial charge in [-0.25, -0.2) is 13.2 Å². The van der Waals surface area contributed by atoms with Gasteiger partial charge in [0, 0.05) is 30.6 Å². The van der Waals surface area contributed by atoms with E-state index < -0.39 is 16.0 Å². The summed E-state index contributed by atoms with van der Waals surface area (Å²) in [6, 6.07) is 7.84. The Kier molecular flexibility index (Phi) is 7.13. The lowest BCUT2D eigenvalue weighted by Crippen LogP contribution is -2.40. The molecule has 0 amide bonds. The lowest BCUT2D eigenvalue weighted by atomic mass is 10.1. The van der Waals surface area contributed by atoms with E-state index in [0.717, 1.165) is 17.7 Å². The second-order valence-electron chi connectivity index (χ2n) is 7.87. The van der Waals surface area contributed by atoms with Crippen molar-refractivity contribution in [2.75, 3.05) is 32.9 Å². The van der Waals surface area contributed by atoms with E-state index in [0.29, 0.717) is 31.1 Å². The van der Waals surface area contributed by atoms with Gasteiger partial charge in [-0.1, -0.05) is 11.6 Å². The summed E-state index contributed by atoms with van der Waals surface area (Å²) in [6.45, 7) is 5.37. The maximum Gasteiger partial charge on any atom is 0.338 e. The molecule has 0 saturated carbocycles. The van der Waals surface area contributed by atoms with E-state index >= 15 is 0 Å². The molecule has 0 aliphatic carbocycles. The lowest BCUT2D eigenvalue weighted by Gasteiger charge is -2.26. The number of rotatable bonds is 7. The Balaban J connectivity index is 1.53. The Bertz CT molecular complexity index is 1150. The number of carbonyl (C=O) groups is 1. The molecule has 0 N–H and O–H groups in total. The monoisotopic (exact) mass is 495 g/mol. The van der Waals surface area contributed by atoms with Crippen LogP contribution in [0.2, 0.25) is 5.02 Å². The summed E-state index contributed by atoms with van der Waals surface area (Å²) in [6.07, 6.45) is 0.869.